The minimum absolute atomic E-state index is 0.0144. The first-order chi connectivity index (χ1) is 9.74. The smallest absolute Gasteiger partial charge is 0.313 e. The molecule has 0 aliphatic heterocycles. The van der Waals surface area contributed by atoms with Crippen molar-refractivity contribution in [2.45, 2.75) is 11.7 Å². The number of hydrogen-bond acceptors (Lipinski definition) is 6. The summed E-state index contributed by atoms with van der Waals surface area (Å²) in [7, 11) is 0. The standard InChI is InChI=1S/C12H10N4O2S2/c17-11(18)6-19-12-15-9-4-13-2-1-10(9)16(12)5-8-3-14-7-20-8/h1-4,7H,5-6H2,(H,17,18). The molecule has 0 atom stereocenters. The van der Waals surface area contributed by atoms with Crippen molar-refractivity contribution in [2.24, 2.45) is 0 Å². The predicted molar refractivity (Wildman–Crippen MR) is 77.1 cm³/mol. The summed E-state index contributed by atoms with van der Waals surface area (Å²) in [6.07, 6.45) is 5.20. The van der Waals surface area contributed by atoms with Crippen LogP contribution in [-0.2, 0) is 11.3 Å². The van der Waals surface area contributed by atoms with Crippen LogP contribution in [0.5, 0.6) is 0 Å². The highest BCUT2D eigenvalue weighted by Crippen LogP contribution is 2.25. The van der Waals surface area contributed by atoms with Crippen LogP contribution in [0.4, 0.5) is 0 Å². The van der Waals surface area contributed by atoms with Gasteiger partial charge in [0.15, 0.2) is 5.16 Å². The summed E-state index contributed by atoms with van der Waals surface area (Å²) in [5.41, 5.74) is 3.49. The van der Waals surface area contributed by atoms with Crippen LogP contribution in [0.3, 0.4) is 0 Å². The number of thiazole rings is 1. The van der Waals surface area contributed by atoms with Gasteiger partial charge in [-0.05, 0) is 6.07 Å². The molecule has 0 radical (unpaired) electrons. The molecule has 20 heavy (non-hydrogen) atoms. The zero-order valence-corrected chi connectivity index (χ0v) is 11.9. The Morgan fingerprint density at radius 1 is 1.40 bits per heavy atom. The van der Waals surface area contributed by atoms with E-state index in [0.29, 0.717) is 11.7 Å². The van der Waals surface area contributed by atoms with Gasteiger partial charge in [0.2, 0.25) is 0 Å². The molecule has 0 saturated carbocycles. The van der Waals surface area contributed by atoms with Crippen LogP contribution in [-0.4, -0.2) is 36.3 Å². The molecule has 3 rings (SSSR count). The Morgan fingerprint density at radius 3 is 3.05 bits per heavy atom. The fourth-order valence-corrected chi connectivity index (χ4v) is 3.14. The molecule has 3 heterocycles. The lowest BCUT2D eigenvalue weighted by atomic mass is 10.4. The average molecular weight is 306 g/mol. The van der Waals surface area contributed by atoms with Crippen LogP contribution < -0.4 is 0 Å². The minimum Gasteiger partial charge on any atom is -0.481 e. The molecule has 102 valence electrons. The first-order valence-corrected chi connectivity index (χ1v) is 7.63. The maximum Gasteiger partial charge on any atom is 0.313 e. The fraction of sp³-hybridized carbons (Fsp3) is 0.167. The molecule has 0 aliphatic carbocycles. The van der Waals surface area contributed by atoms with E-state index in [4.69, 9.17) is 5.11 Å². The maximum atomic E-state index is 10.7. The third-order valence-corrected chi connectivity index (χ3v) is 4.36. The number of carboxylic acid groups (broad SMARTS) is 1. The Hall–Kier alpha value is -1.93. The van der Waals surface area contributed by atoms with E-state index in [2.05, 4.69) is 15.0 Å². The number of rotatable bonds is 5. The van der Waals surface area contributed by atoms with Gasteiger partial charge in [-0.2, -0.15) is 0 Å². The molecule has 0 amide bonds. The van der Waals surface area contributed by atoms with Crippen LogP contribution in [0.15, 0.2) is 35.3 Å². The monoisotopic (exact) mass is 306 g/mol. The normalized spacial score (nSPS) is 11.0. The van der Waals surface area contributed by atoms with Crippen molar-refractivity contribution in [3.63, 3.8) is 0 Å². The van der Waals surface area contributed by atoms with Gasteiger partial charge in [0.25, 0.3) is 0 Å². The van der Waals surface area contributed by atoms with E-state index in [9.17, 15) is 4.79 Å². The molecule has 0 unspecified atom stereocenters. The van der Waals surface area contributed by atoms with Gasteiger partial charge in [0.1, 0.15) is 5.52 Å². The van der Waals surface area contributed by atoms with Crippen molar-refractivity contribution >= 4 is 40.1 Å². The summed E-state index contributed by atoms with van der Waals surface area (Å²) < 4.78 is 2.00. The second-order valence-corrected chi connectivity index (χ2v) is 5.91. The number of aliphatic carboxylic acids is 1. The molecule has 0 bridgehead atoms. The molecule has 0 aliphatic rings. The third kappa shape index (κ3) is 2.66. The van der Waals surface area contributed by atoms with E-state index in [1.165, 1.54) is 11.8 Å². The van der Waals surface area contributed by atoms with Crippen LogP contribution in [0.25, 0.3) is 11.0 Å². The minimum atomic E-state index is -0.857. The Morgan fingerprint density at radius 2 is 2.30 bits per heavy atom. The first kappa shape index (κ1) is 13.1. The van der Waals surface area contributed by atoms with E-state index in [1.54, 1.807) is 29.2 Å². The van der Waals surface area contributed by atoms with Gasteiger partial charge in [0.05, 0.1) is 29.5 Å². The summed E-state index contributed by atoms with van der Waals surface area (Å²) in [6.45, 7) is 0.632. The summed E-state index contributed by atoms with van der Waals surface area (Å²) in [5, 5.41) is 9.50. The van der Waals surface area contributed by atoms with Gasteiger partial charge < -0.3 is 9.67 Å². The van der Waals surface area contributed by atoms with Crippen LogP contribution in [0.1, 0.15) is 4.88 Å². The van der Waals surface area contributed by atoms with E-state index in [1.807, 2.05) is 16.8 Å². The summed E-state index contributed by atoms with van der Waals surface area (Å²) in [4.78, 5) is 24.4. The lowest BCUT2D eigenvalue weighted by molar-refractivity contribution is -0.133. The van der Waals surface area contributed by atoms with E-state index >= 15 is 0 Å². The van der Waals surface area contributed by atoms with E-state index < -0.39 is 5.97 Å². The number of fused-ring (bicyclic) bond motifs is 1. The van der Waals surface area contributed by atoms with Crippen LogP contribution in [0, 0.1) is 0 Å². The molecule has 0 spiro atoms. The second kappa shape index (κ2) is 5.59. The highest BCUT2D eigenvalue weighted by molar-refractivity contribution is 7.99. The quantitative estimate of drug-likeness (QED) is 0.727. The Balaban J connectivity index is 2.01. The SMILES string of the molecule is O=C(O)CSc1nc2cnccc2n1Cc1cncs1. The van der Waals surface area contributed by atoms with Gasteiger partial charge in [-0.15, -0.1) is 11.3 Å². The fourth-order valence-electron chi connectivity index (χ4n) is 1.82. The largest absolute Gasteiger partial charge is 0.481 e. The molecular formula is C12H10N4O2S2. The van der Waals surface area contributed by atoms with Gasteiger partial charge in [-0.25, -0.2) is 4.98 Å². The topological polar surface area (TPSA) is 80.9 Å². The Bertz CT molecular complexity index is 739. The number of thioether (sulfide) groups is 1. The number of carbonyl (C=O) groups is 1. The number of hydrogen-bond donors (Lipinski definition) is 1. The zero-order chi connectivity index (χ0) is 13.9. The highest BCUT2D eigenvalue weighted by atomic mass is 32.2. The summed E-state index contributed by atoms with van der Waals surface area (Å²) in [6, 6.07) is 1.88. The predicted octanol–water partition coefficient (Wildman–Crippen LogP) is 2.11. The molecule has 0 fully saturated rings. The van der Waals surface area contributed by atoms with Crippen molar-refractivity contribution in [3.8, 4) is 0 Å². The van der Waals surface area contributed by atoms with Crippen molar-refractivity contribution in [1.82, 2.24) is 19.5 Å². The number of pyridine rings is 1. The van der Waals surface area contributed by atoms with Crippen molar-refractivity contribution in [2.75, 3.05) is 5.75 Å². The molecule has 6 nitrogen and oxygen atoms in total. The molecule has 3 aromatic rings. The van der Waals surface area contributed by atoms with Crippen molar-refractivity contribution in [3.05, 3.63) is 35.0 Å². The molecular weight excluding hydrogens is 296 g/mol. The number of carboxylic acids is 1. The van der Waals surface area contributed by atoms with E-state index in [0.717, 1.165) is 15.9 Å². The van der Waals surface area contributed by atoms with Crippen molar-refractivity contribution in [1.29, 1.82) is 0 Å². The number of nitrogens with zero attached hydrogens (tertiary/aromatic N) is 4. The number of aromatic nitrogens is 4. The van der Waals surface area contributed by atoms with Crippen LogP contribution in [0.2, 0.25) is 0 Å². The average Bonchev–Trinajstić information content (AvgIpc) is 3.05. The van der Waals surface area contributed by atoms with Gasteiger partial charge >= 0.3 is 5.97 Å². The Kier molecular flexibility index (Phi) is 3.66. The van der Waals surface area contributed by atoms with E-state index in [-0.39, 0.29) is 5.75 Å². The number of imidazole rings is 1. The zero-order valence-electron chi connectivity index (χ0n) is 10.3. The Labute approximate surface area is 122 Å². The first-order valence-electron chi connectivity index (χ1n) is 5.76. The van der Waals surface area contributed by atoms with Gasteiger partial charge in [-0.1, -0.05) is 11.8 Å². The van der Waals surface area contributed by atoms with Crippen LogP contribution >= 0.6 is 23.1 Å². The third-order valence-electron chi connectivity index (χ3n) is 2.64. The molecule has 8 heteroatoms. The molecule has 3 aromatic heterocycles. The summed E-state index contributed by atoms with van der Waals surface area (Å²) in [5.74, 6) is -0.871. The lowest BCUT2D eigenvalue weighted by Crippen LogP contribution is -2.03. The summed E-state index contributed by atoms with van der Waals surface area (Å²) >= 11 is 2.77. The molecule has 0 saturated heterocycles. The van der Waals surface area contributed by atoms with Crippen molar-refractivity contribution < 1.29 is 9.90 Å². The van der Waals surface area contributed by atoms with Gasteiger partial charge in [0, 0.05) is 17.3 Å². The molecule has 1 N–H and O–H groups in total. The second-order valence-electron chi connectivity index (χ2n) is 4.00. The molecule has 0 aromatic carbocycles. The maximum absolute atomic E-state index is 10.7. The highest BCUT2D eigenvalue weighted by Gasteiger charge is 2.13. The lowest BCUT2D eigenvalue weighted by Gasteiger charge is -2.06. The van der Waals surface area contributed by atoms with Gasteiger partial charge in [-0.3, -0.25) is 14.8 Å².